The third-order valence-corrected chi connectivity index (χ3v) is 3.94. The number of carbonyl (C=O) groups excluding carboxylic acids is 1. The van der Waals surface area contributed by atoms with Gasteiger partial charge in [0.1, 0.15) is 5.56 Å². The van der Waals surface area contributed by atoms with Crippen molar-refractivity contribution >= 4 is 11.6 Å². The molecule has 1 aromatic heterocycles. The maximum absolute atomic E-state index is 12.3. The number of benzene rings is 1. The molecule has 3 N–H and O–H groups in total. The molecule has 6 heteroatoms. The van der Waals surface area contributed by atoms with Gasteiger partial charge in [-0.3, -0.25) is 9.59 Å². The summed E-state index contributed by atoms with van der Waals surface area (Å²) in [7, 11) is 0. The largest absolute Gasteiger partial charge is 0.411 e. The summed E-state index contributed by atoms with van der Waals surface area (Å²) in [5.41, 5.74) is 2.42. The molecule has 0 saturated carbocycles. The Bertz CT molecular complexity index is 810. The number of hydrogen-bond donors (Lipinski definition) is 3. The first kappa shape index (κ1) is 15.0. The highest BCUT2D eigenvalue weighted by atomic mass is 16.4. The smallest absolute Gasteiger partial charge is 0.261 e. The second kappa shape index (κ2) is 6.48. The Hall–Kier alpha value is -2.89. The quantitative estimate of drug-likeness (QED) is 0.596. The standard InChI is InChI=1S/C17H17N3O3/c21-16(18-10-11-5-2-1-3-6-11)13-9-12-14(19-17(13)22)7-4-8-15(12)20-23/h1-3,5-6,9,23H,4,7-8,10H2,(H,18,21)(H,19,22). The van der Waals surface area contributed by atoms with Crippen molar-refractivity contribution in [3.05, 3.63) is 69.1 Å². The monoisotopic (exact) mass is 311 g/mol. The van der Waals surface area contributed by atoms with Crippen LogP contribution >= 0.6 is 0 Å². The summed E-state index contributed by atoms with van der Waals surface area (Å²) in [6, 6.07) is 11.0. The van der Waals surface area contributed by atoms with Crippen LogP contribution in [0.15, 0.2) is 46.3 Å². The molecule has 1 heterocycles. The first-order valence-electron chi connectivity index (χ1n) is 7.48. The molecular weight excluding hydrogens is 294 g/mol. The van der Waals surface area contributed by atoms with Gasteiger partial charge in [0.15, 0.2) is 0 Å². The zero-order valence-corrected chi connectivity index (χ0v) is 12.5. The number of oxime groups is 1. The molecule has 0 radical (unpaired) electrons. The molecule has 3 rings (SSSR count). The Morgan fingerprint density at radius 3 is 2.78 bits per heavy atom. The number of H-pyrrole nitrogens is 1. The number of fused-ring (bicyclic) bond motifs is 1. The lowest BCUT2D eigenvalue weighted by Crippen LogP contribution is -2.31. The highest BCUT2D eigenvalue weighted by Crippen LogP contribution is 2.19. The maximum atomic E-state index is 12.3. The van der Waals surface area contributed by atoms with Crippen LogP contribution in [0, 0.1) is 0 Å². The van der Waals surface area contributed by atoms with E-state index in [1.807, 2.05) is 30.3 Å². The Morgan fingerprint density at radius 1 is 1.26 bits per heavy atom. The molecule has 1 aromatic carbocycles. The van der Waals surface area contributed by atoms with Gasteiger partial charge in [0, 0.05) is 17.8 Å². The second-order valence-corrected chi connectivity index (χ2v) is 5.47. The molecule has 2 aromatic rings. The molecule has 0 atom stereocenters. The van der Waals surface area contributed by atoms with Gasteiger partial charge < -0.3 is 15.5 Å². The number of aromatic amines is 1. The maximum Gasteiger partial charge on any atom is 0.261 e. The molecule has 23 heavy (non-hydrogen) atoms. The van der Waals surface area contributed by atoms with Gasteiger partial charge in [0.25, 0.3) is 11.5 Å². The molecular formula is C17H17N3O3. The Morgan fingerprint density at radius 2 is 2.04 bits per heavy atom. The number of aromatic nitrogens is 1. The van der Waals surface area contributed by atoms with Gasteiger partial charge in [-0.25, -0.2) is 0 Å². The van der Waals surface area contributed by atoms with Crippen molar-refractivity contribution in [1.29, 1.82) is 0 Å². The lowest BCUT2D eigenvalue weighted by molar-refractivity contribution is 0.0949. The van der Waals surface area contributed by atoms with Gasteiger partial charge >= 0.3 is 0 Å². The topological polar surface area (TPSA) is 94.5 Å². The zero-order chi connectivity index (χ0) is 16.2. The van der Waals surface area contributed by atoms with Gasteiger partial charge in [0.05, 0.1) is 5.71 Å². The molecule has 0 bridgehead atoms. The van der Waals surface area contributed by atoms with Crippen LogP contribution in [-0.4, -0.2) is 21.8 Å². The fourth-order valence-corrected chi connectivity index (χ4v) is 2.74. The summed E-state index contributed by atoms with van der Waals surface area (Å²) in [6.07, 6.45) is 2.14. The van der Waals surface area contributed by atoms with E-state index in [1.54, 1.807) is 0 Å². The van der Waals surface area contributed by atoms with Crippen molar-refractivity contribution in [2.75, 3.05) is 0 Å². The summed E-state index contributed by atoms with van der Waals surface area (Å²) in [4.78, 5) is 27.1. The minimum atomic E-state index is -0.444. The number of hydrogen-bond acceptors (Lipinski definition) is 4. The normalized spacial score (nSPS) is 15.2. The summed E-state index contributed by atoms with van der Waals surface area (Å²) in [5.74, 6) is -0.444. The van der Waals surface area contributed by atoms with Crippen molar-refractivity contribution in [2.24, 2.45) is 5.16 Å². The molecule has 118 valence electrons. The number of amides is 1. The van der Waals surface area contributed by atoms with E-state index in [9.17, 15) is 9.59 Å². The predicted molar refractivity (Wildman–Crippen MR) is 85.9 cm³/mol. The van der Waals surface area contributed by atoms with E-state index in [4.69, 9.17) is 5.21 Å². The molecule has 1 aliphatic rings. The van der Waals surface area contributed by atoms with E-state index >= 15 is 0 Å². The highest BCUT2D eigenvalue weighted by Gasteiger charge is 2.21. The molecule has 0 fully saturated rings. The Labute approximate surface area is 132 Å². The number of aryl methyl sites for hydroxylation is 1. The van der Waals surface area contributed by atoms with Crippen LogP contribution in [0.4, 0.5) is 0 Å². The average Bonchev–Trinajstić information content (AvgIpc) is 2.59. The second-order valence-electron chi connectivity index (χ2n) is 5.47. The lowest BCUT2D eigenvalue weighted by Gasteiger charge is -2.17. The van der Waals surface area contributed by atoms with E-state index in [1.165, 1.54) is 6.07 Å². The SMILES string of the molecule is O=C(NCc1ccccc1)c1cc2c([nH]c1=O)CCCC2=NO. The third kappa shape index (κ3) is 3.15. The van der Waals surface area contributed by atoms with Crippen molar-refractivity contribution < 1.29 is 10.0 Å². The van der Waals surface area contributed by atoms with Crippen molar-refractivity contribution in [2.45, 2.75) is 25.8 Å². The first-order valence-corrected chi connectivity index (χ1v) is 7.48. The number of nitrogens with one attached hydrogen (secondary N) is 2. The summed E-state index contributed by atoms with van der Waals surface area (Å²) < 4.78 is 0. The van der Waals surface area contributed by atoms with E-state index in [-0.39, 0.29) is 5.56 Å². The van der Waals surface area contributed by atoms with Crippen molar-refractivity contribution in [3.8, 4) is 0 Å². The molecule has 1 amide bonds. The van der Waals surface area contributed by atoms with Gasteiger partial charge in [0.2, 0.25) is 0 Å². The summed E-state index contributed by atoms with van der Waals surface area (Å²) in [6.45, 7) is 0.344. The van der Waals surface area contributed by atoms with Gasteiger partial charge in [-0.2, -0.15) is 0 Å². The average molecular weight is 311 g/mol. The molecule has 0 saturated heterocycles. The molecule has 0 spiro atoms. The number of nitrogens with zero attached hydrogens (tertiary/aromatic N) is 1. The van der Waals surface area contributed by atoms with Crippen molar-refractivity contribution in [1.82, 2.24) is 10.3 Å². The van der Waals surface area contributed by atoms with Crippen LogP contribution in [0.25, 0.3) is 0 Å². The Balaban J connectivity index is 1.85. The van der Waals surface area contributed by atoms with Gasteiger partial charge in [-0.05, 0) is 30.9 Å². The highest BCUT2D eigenvalue weighted by molar-refractivity contribution is 6.04. The zero-order valence-electron chi connectivity index (χ0n) is 12.5. The fraction of sp³-hybridized carbons (Fsp3) is 0.235. The number of rotatable bonds is 3. The minimum absolute atomic E-state index is 0.0303. The number of carbonyl (C=O) groups is 1. The molecule has 6 nitrogen and oxygen atoms in total. The summed E-state index contributed by atoms with van der Waals surface area (Å²) >= 11 is 0. The fourth-order valence-electron chi connectivity index (χ4n) is 2.74. The summed E-state index contributed by atoms with van der Waals surface area (Å²) in [5, 5.41) is 15.1. The minimum Gasteiger partial charge on any atom is -0.411 e. The Kier molecular flexibility index (Phi) is 4.23. The van der Waals surface area contributed by atoms with Crippen molar-refractivity contribution in [3.63, 3.8) is 0 Å². The van der Waals surface area contributed by atoms with Gasteiger partial charge in [-0.1, -0.05) is 35.5 Å². The van der Waals surface area contributed by atoms with Crippen LogP contribution in [0.1, 0.15) is 40.0 Å². The van der Waals surface area contributed by atoms with Crippen LogP contribution in [0.3, 0.4) is 0 Å². The molecule has 0 unspecified atom stereocenters. The van der Waals surface area contributed by atoms with E-state index < -0.39 is 11.5 Å². The van der Waals surface area contributed by atoms with Crippen LogP contribution in [-0.2, 0) is 13.0 Å². The number of pyridine rings is 1. The van der Waals surface area contributed by atoms with Crippen LogP contribution < -0.4 is 10.9 Å². The molecule has 0 aliphatic heterocycles. The van der Waals surface area contributed by atoms with E-state index in [0.29, 0.717) is 36.4 Å². The van der Waals surface area contributed by atoms with Crippen LogP contribution in [0.2, 0.25) is 0 Å². The van der Waals surface area contributed by atoms with Gasteiger partial charge in [-0.15, -0.1) is 0 Å². The first-order chi connectivity index (χ1) is 11.2. The molecule has 1 aliphatic carbocycles. The van der Waals surface area contributed by atoms with Crippen LogP contribution in [0.5, 0.6) is 0 Å². The van der Waals surface area contributed by atoms with E-state index in [0.717, 1.165) is 12.0 Å². The van der Waals surface area contributed by atoms with E-state index in [2.05, 4.69) is 15.5 Å². The predicted octanol–water partition coefficient (Wildman–Crippen LogP) is 1.82. The lowest BCUT2D eigenvalue weighted by atomic mass is 9.93. The third-order valence-electron chi connectivity index (χ3n) is 3.94.